The zero-order valence-corrected chi connectivity index (χ0v) is 18.8. The Kier molecular flexibility index (Phi) is 7.55. The Balaban J connectivity index is 1.55. The number of hydrogen-bond donors (Lipinski definition) is 1. The number of amides is 2. The van der Waals surface area contributed by atoms with Crippen LogP contribution < -0.4 is 14.8 Å². The predicted octanol–water partition coefficient (Wildman–Crippen LogP) is 4.07. The third-order valence-electron chi connectivity index (χ3n) is 5.49. The summed E-state index contributed by atoms with van der Waals surface area (Å²) in [5.74, 6) is 1.74. The van der Waals surface area contributed by atoms with Crippen molar-refractivity contribution in [3.8, 4) is 11.5 Å². The summed E-state index contributed by atoms with van der Waals surface area (Å²) in [6.07, 6.45) is 1.99. The van der Waals surface area contributed by atoms with E-state index in [1.165, 1.54) is 0 Å². The second-order valence-corrected chi connectivity index (χ2v) is 8.40. The quantitative estimate of drug-likeness (QED) is 0.727. The highest BCUT2D eigenvalue weighted by Crippen LogP contribution is 2.23. The van der Waals surface area contributed by atoms with Crippen molar-refractivity contribution in [2.24, 2.45) is 5.92 Å². The lowest BCUT2D eigenvalue weighted by molar-refractivity contribution is 0.0632. The van der Waals surface area contributed by atoms with Crippen LogP contribution in [0.2, 0.25) is 0 Å². The molecule has 0 saturated carbocycles. The molecule has 1 saturated heterocycles. The summed E-state index contributed by atoms with van der Waals surface area (Å²) in [6.45, 7) is 7.79. The van der Waals surface area contributed by atoms with Crippen molar-refractivity contribution in [1.29, 1.82) is 0 Å². The van der Waals surface area contributed by atoms with Gasteiger partial charge < -0.3 is 19.7 Å². The second-order valence-electron chi connectivity index (χ2n) is 8.40. The molecule has 166 valence electrons. The van der Waals surface area contributed by atoms with Crippen molar-refractivity contribution in [3.63, 3.8) is 0 Å². The Hall–Kier alpha value is -3.02. The Morgan fingerprint density at radius 3 is 2.48 bits per heavy atom. The van der Waals surface area contributed by atoms with Gasteiger partial charge in [0.15, 0.2) is 0 Å². The highest BCUT2D eigenvalue weighted by molar-refractivity contribution is 5.96. The number of benzene rings is 2. The zero-order valence-electron chi connectivity index (χ0n) is 18.8. The van der Waals surface area contributed by atoms with Crippen LogP contribution in [0.1, 0.15) is 53.0 Å². The van der Waals surface area contributed by atoms with E-state index in [4.69, 9.17) is 9.47 Å². The SMILES string of the molecule is COc1ccc(C(=O)N2CCCC(COc3ccc(C(=O)NC(C)C)cc3)C2)c(C)c1. The Labute approximate surface area is 184 Å². The largest absolute Gasteiger partial charge is 0.497 e. The molecular formula is C25H32N2O4. The lowest BCUT2D eigenvalue weighted by atomic mass is 9.97. The summed E-state index contributed by atoms with van der Waals surface area (Å²) >= 11 is 0. The number of methoxy groups -OCH3 is 1. The molecule has 0 spiro atoms. The van der Waals surface area contributed by atoms with Crippen LogP contribution in [0, 0.1) is 12.8 Å². The van der Waals surface area contributed by atoms with E-state index in [9.17, 15) is 9.59 Å². The molecule has 31 heavy (non-hydrogen) atoms. The summed E-state index contributed by atoms with van der Waals surface area (Å²) in [4.78, 5) is 27.0. The number of nitrogens with one attached hydrogen (secondary N) is 1. The molecule has 2 amide bonds. The molecule has 1 atom stereocenters. The van der Waals surface area contributed by atoms with Gasteiger partial charge in [-0.1, -0.05) is 0 Å². The summed E-state index contributed by atoms with van der Waals surface area (Å²) in [5, 5.41) is 2.88. The second kappa shape index (κ2) is 10.3. The number of hydrogen-bond acceptors (Lipinski definition) is 4. The standard InChI is InChI=1S/C25H32N2O4/c1-17(2)26-24(28)20-7-9-21(10-8-20)31-16-19-6-5-13-27(15-19)25(29)23-12-11-22(30-4)14-18(23)3/h7-12,14,17,19H,5-6,13,15-16H2,1-4H3,(H,26,28). The molecule has 1 aliphatic rings. The normalized spacial score (nSPS) is 16.2. The Morgan fingerprint density at radius 1 is 1.13 bits per heavy atom. The van der Waals surface area contributed by atoms with E-state index < -0.39 is 0 Å². The molecule has 0 aliphatic carbocycles. The maximum atomic E-state index is 13.0. The third kappa shape index (κ3) is 6.00. The zero-order chi connectivity index (χ0) is 22.4. The van der Waals surface area contributed by atoms with Gasteiger partial charge in [0.1, 0.15) is 11.5 Å². The van der Waals surface area contributed by atoms with Crippen molar-refractivity contribution in [2.75, 3.05) is 26.8 Å². The number of carbonyl (C=O) groups is 2. The highest BCUT2D eigenvalue weighted by atomic mass is 16.5. The fourth-order valence-corrected chi connectivity index (χ4v) is 3.82. The summed E-state index contributed by atoms with van der Waals surface area (Å²) < 4.78 is 11.2. The number of piperidine rings is 1. The first kappa shape index (κ1) is 22.7. The molecule has 2 aromatic carbocycles. The average Bonchev–Trinajstić information content (AvgIpc) is 2.77. The first-order valence-electron chi connectivity index (χ1n) is 10.8. The van der Waals surface area contributed by atoms with Gasteiger partial charge in [0.05, 0.1) is 13.7 Å². The van der Waals surface area contributed by atoms with Crippen LogP contribution in [0.4, 0.5) is 0 Å². The molecule has 0 aromatic heterocycles. The molecule has 3 rings (SSSR count). The molecule has 6 nitrogen and oxygen atoms in total. The van der Waals surface area contributed by atoms with E-state index in [1.54, 1.807) is 19.2 Å². The van der Waals surface area contributed by atoms with Crippen molar-refractivity contribution in [3.05, 3.63) is 59.2 Å². The van der Waals surface area contributed by atoms with Crippen molar-refractivity contribution < 1.29 is 19.1 Å². The van der Waals surface area contributed by atoms with Gasteiger partial charge in [-0.05, 0) is 81.6 Å². The fourth-order valence-electron chi connectivity index (χ4n) is 3.82. The Morgan fingerprint density at radius 2 is 1.84 bits per heavy atom. The summed E-state index contributed by atoms with van der Waals surface area (Å²) in [5.41, 5.74) is 2.26. The van der Waals surface area contributed by atoms with Gasteiger partial charge in [-0.2, -0.15) is 0 Å². The molecular weight excluding hydrogens is 392 g/mol. The fraction of sp³-hybridized carbons (Fsp3) is 0.440. The number of aryl methyl sites for hydroxylation is 1. The summed E-state index contributed by atoms with van der Waals surface area (Å²) in [7, 11) is 1.62. The smallest absolute Gasteiger partial charge is 0.254 e. The van der Waals surface area contributed by atoms with Crippen LogP contribution in [0.3, 0.4) is 0 Å². The van der Waals surface area contributed by atoms with Crippen LogP contribution in [0.5, 0.6) is 11.5 Å². The van der Waals surface area contributed by atoms with E-state index in [1.807, 2.05) is 56.0 Å². The van der Waals surface area contributed by atoms with E-state index in [0.29, 0.717) is 18.7 Å². The van der Waals surface area contributed by atoms with Gasteiger partial charge in [-0.15, -0.1) is 0 Å². The topological polar surface area (TPSA) is 67.9 Å². The van der Waals surface area contributed by atoms with E-state index in [-0.39, 0.29) is 23.8 Å². The van der Waals surface area contributed by atoms with Crippen LogP contribution in [0.15, 0.2) is 42.5 Å². The average molecular weight is 425 g/mol. The number of nitrogens with zero attached hydrogens (tertiary/aromatic N) is 1. The van der Waals surface area contributed by atoms with Crippen molar-refractivity contribution in [1.82, 2.24) is 10.2 Å². The lowest BCUT2D eigenvalue weighted by Gasteiger charge is -2.33. The first-order valence-corrected chi connectivity index (χ1v) is 10.8. The van der Waals surface area contributed by atoms with Crippen molar-refractivity contribution >= 4 is 11.8 Å². The summed E-state index contributed by atoms with van der Waals surface area (Å²) in [6, 6.07) is 12.9. The molecule has 1 heterocycles. The van der Waals surface area contributed by atoms with Gasteiger partial charge >= 0.3 is 0 Å². The minimum atomic E-state index is -0.0863. The van der Waals surface area contributed by atoms with Crippen molar-refractivity contribution in [2.45, 2.75) is 39.7 Å². The van der Waals surface area contributed by atoms with Gasteiger partial charge in [0.25, 0.3) is 11.8 Å². The molecule has 1 N–H and O–H groups in total. The Bertz CT molecular complexity index is 908. The molecule has 6 heteroatoms. The van der Waals surface area contributed by atoms with Crippen LogP contribution >= 0.6 is 0 Å². The molecule has 1 aliphatic heterocycles. The highest BCUT2D eigenvalue weighted by Gasteiger charge is 2.26. The lowest BCUT2D eigenvalue weighted by Crippen LogP contribution is -2.41. The van der Waals surface area contributed by atoms with Gasteiger partial charge in [-0.25, -0.2) is 0 Å². The van der Waals surface area contributed by atoms with E-state index in [0.717, 1.165) is 42.0 Å². The third-order valence-corrected chi connectivity index (χ3v) is 5.49. The number of carbonyl (C=O) groups excluding carboxylic acids is 2. The van der Waals surface area contributed by atoms with Crippen LogP contribution in [-0.2, 0) is 0 Å². The molecule has 1 unspecified atom stereocenters. The molecule has 0 bridgehead atoms. The predicted molar refractivity (Wildman–Crippen MR) is 121 cm³/mol. The maximum absolute atomic E-state index is 13.0. The number of likely N-dealkylation sites (tertiary alicyclic amines) is 1. The first-order chi connectivity index (χ1) is 14.9. The van der Waals surface area contributed by atoms with Crippen LogP contribution in [-0.4, -0.2) is 49.6 Å². The number of ether oxygens (including phenoxy) is 2. The van der Waals surface area contributed by atoms with Crippen LogP contribution in [0.25, 0.3) is 0 Å². The monoisotopic (exact) mass is 424 g/mol. The van der Waals surface area contributed by atoms with E-state index in [2.05, 4.69) is 5.32 Å². The van der Waals surface area contributed by atoms with Gasteiger partial charge in [0, 0.05) is 36.2 Å². The minimum absolute atomic E-state index is 0.0605. The van der Waals surface area contributed by atoms with Gasteiger partial charge in [-0.3, -0.25) is 9.59 Å². The van der Waals surface area contributed by atoms with E-state index >= 15 is 0 Å². The molecule has 1 fully saturated rings. The molecule has 0 radical (unpaired) electrons. The van der Waals surface area contributed by atoms with Gasteiger partial charge in [0.2, 0.25) is 0 Å². The minimum Gasteiger partial charge on any atom is -0.497 e. The number of rotatable bonds is 7. The maximum Gasteiger partial charge on any atom is 0.254 e. The molecule has 2 aromatic rings.